The Bertz CT molecular complexity index is 1280. The molecule has 2 aromatic carbocycles. The van der Waals surface area contributed by atoms with E-state index in [1.54, 1.807) is 4.90 Å². The van der Waals surface area contributed by atoms with E-state index in [1.807, 2.05) is 51.1 Å². The molecule has 1 aliphatic heterocycles. The van der Waals surface area contributed by atoms with E-state index in [-0.39, 0.29) is 40.9 Å². The van der Waals surface area contributed by atoms with E-state index in [1.165, 1.54) is 25.3 Å². The van der Waals surface area contributed by atoms with Crippen LogP contribution in [0.4, 0.5) is 10.5 Å². The molecule has 2 atom stereocenters. The smallest absolute Gasteiger partial charge is 0.407 e. The number of hydrogen-bond acceptors (Lipinski definition) is 6. The van der Waals surface area contributed by atoms with Gasteiger partial charge in [0, 0.05) is 36.7 Å². The largest absolute Gasteiger partial charge is 0.496 e. The number of carboxylic acids is 1. The highest BCUT2D eigenvalue weighted by molar-refractivity contribution is 5.99. The minimum atomic E-state index is -1.13. The summed E-state index contributed by atoms with van der Waals surface area (Å²) in [4.78, 5) is 52.9. The highest BCUT2D eigenvalue weighted by Gasteiger charge is 2.44. The standard InChI is InChI=1S/C32H41N3O7/c1-32(2,3)42-31(40)33-19-20-10-12-22(13-11-20)29(37)35-17-16-24(21-8-6-5-7-9-21)27(35)28(36)34-23-14-15-25(30(38)39)26(18-23)41-4/h5-9,14-15,18,20,22,24,27H,10-13,16-17,19H2,1-4H3,(H,33,40)(H,34,36)(H,38,39)/t20-,22-,24-,27?/m0/s1. The average molecular weight is 580 g/mol. The van der Waals surface area contributed by atoms with Crippen molar-refractivity contribution in [3.8, 4) is 5.75 Å². The lowest BCUT2D eigenvalue weighted by molar-refractivity contribution is -0.141. The number of carbonyl (C=O) groups is 4. The Kier molecular flexibility index (Phi) is 9.75. The van der Waals surface area contributed by atoms with Gasteiger partial charge in [0.15, 0.2) is 0 Å². The van der Waals surface area contributed by atoms with E-state index in [9.17, 15) is 24.3 Å². The van der Waals surface area contributed by atoms with E-state index in [2.05, 4.69) is 10.6 Å². The normalized spacial score (nSPS) is 22.2. The number of likely N-dealkylation sites (tertiary alicyclic amines) is 1. The molecule has 0 aromatic heterocycles. The summed E-state index contributed by atoms with van der Waals surface area (Å²) in [7, 11) is 1.37. The van der Waals surface area contributed by atoms with Crippen LogP contribution in [0.2, 0.25) is 0 Å². The number of nitrogens with one attached hydrogen (secondary N) is 2. The second-order valence-electron chi connectivity index (χ2n) is 12.1. The van der Waals surface area contributed by atoms with Gasteiger partial charge in [0.2, 0.25) is 11.8 Å². The monoisotopic (exact) mass is 579 g/mol. The molecule has 10 heteroatoms. The molecule has 3 amide bonds. The summed E-state index contributed by atoms with van der Waals surface area (Å²) in [6, 6.07) is 13.4. The van der Waals surface area contributed by atoms with Crippen molar-refractivity contribution in [2.45, 2.75) is 70.4 Å². The number of carboxylic acid groups (broad SMARTS) is 1. The fraction of sp³-hybridized carbons (Fsp3) is 0.500. The molecule has 0 bridgehead atoms. The van der Waals surface area contributed by atoms with Crippen molar-refractivity contribution in [3.05, 3.63) is 59.7 Å². The predicted octanol–water partition coefficient (Wildman–Crippen LogP) is 5.05. The van der Waals surface area contributed by atoms with Crippen LogP contribution in [0, 0.1) is 11.8 Å². The Morgan fingerprint density at radius 2 is 1.67 bits per heavy atom. The topological polar surface area (TPSA) is 134 Å². The van der Waals surface area contributed by atoms with Crippen molar-refractivity contribution in [1.29, 1.82) is 0 Å². The van der Waals surface area contributed by atoms with Crippen LogP contribution in [0.15, 0.2) is 48.5 Å². The second kappa shape index (κ2) is 13.3. The van der Waals surface area contributed by atoms with Crippen molar-refractivity contribution in [2.75, 3.05) is 25.5 Å². The number of anilines is 1. The number of nitrogens with zero attached hydrogens (tertiary/aromatic N) is 1. The predicted molar refractivity (Wildman–Crippen MR) is 158 cm³/mol. The molecule has 1 heterocycles. The van der Waals surface area contributed by atoms with Crippen LogP contribution in [0.3, 0.4) is 0 Å². The highest BCUT2D eigenvalue weighted by atomic mass is 16.6. The number of amides is 3. The number of hydrogen-bond donors (Lipinski definition) is 3. The number of ether oxygens (including phenoxy) is 2. The maximum atomic E-state index is 13.9. The zero-order valence-corrected chi connectivity index (χ0v) is 24.7. The molecule has 1 saturated carbocycles. The fourth-order valence-corrected chi connectivity index (χ4v) is 5.96. The summed E-state index contributed by atoms with van der Waals surface area (Å²) in [5, 5.41) is 15.1. The number of methoxy groups -OCH3 is 1. The number of carbonyl (C=O) groups excluding carboxylic acids is 3. The second-order valence-corrected chi connectivity index (χ2v) is 12.1. The van der Waals surface area contributed by atoms with Gasteiger partial charge in [0.25, 0.3) is 0 Å². The molecule has 2 aliphatic rings. The average Bonchev–Trinajstić information content (AvgIpc) is 3.41. The highest BCUT2D eigenvalue weighted by Crippen LogP contribution is 2.38. The van der Waals surface area contributed by atoms with Gasteiger partial charge in [0.1, 0.15) is 23.0 Å². The molecular weight excluding hydrogens is 538 g/mol. The molecule has 1 saturated heterocycles. The molecule has 10 nitrogen and oxygen atoms in total. The third-order valence-corrected chi connectivity index (χ3v) is 8.01. The summed E-state index contributed by atoms with van der Waals surface area (Å²) >= 11 is 0. The summed E-state index contributed by atoms with van der Waals surface area (Å²) in [5.74, 6) is -1.44. The Morgan fingerprint density at radius 1 is 0.976 bits per heavy atom. The Labute approximate surface area is 246 Å². The Balaban J connectivity index is 1.45. The first-order valence-electron chi connectivity index (χ1n) is 14.5. The van der Waals surface area contributed by atoms with Gasteiger partial charge in [0.05, 0.1) is 7.11 Å². The Morgan fingerprint density at radius 3 is 2.29 bits per heavy atom. The van der Waals surface area contributed by atoms with Crippen molar-refractivity contribution < 1.29 is 33.8 Å². The third kappa shape index (κ3) is 7.60. The molecular formula is C32H41N3O7. The van der Waals surface area contributed by atoms with E-state index in [0.717, 1.165) is 18.4 Å². The van der Waals surface area contributed by atoms with Crippen LogP contribution in [0.5, 0.6) is 5.75 Å². The molecule has 0 radical (unpaired) electrons. The van der Waals surface area contributed by atoms with Crippen LogP contribution in [-0.4, -0.2) is 65.7 Å². The number of rotatable bonds is 8. The van der Waals surface area contributed by atoms with Gasteiger partial charge in [-0.3, -0.25) is 9.59 Å². The SMILES string of the molecule is COc1cc(NC(=O)C2[C@H](c3ccccc3)CCN2C(=O)[C@H]2CC[C@H](CNC(=O)OC(C)(C)C)CC2)ccc1C(=O)O. The van der Waals surface area contributed by atoms with Crippen molar-refractivity contribution in [2.24, 2.45) is 11.8 Å². The van der Waals surface area contributed by atoms with Crippen LogP contribution in [0.1, 0.15) is 74.7 Å². The van der Waals surface area contributed by atoms with Crippen LogP contribution < -0.4 is 15.4 Å². The van der Waals surface area contributed by atoms with Crippen LogP contribution in [0.25, 0.3) is 0 Å². The zero-order chi connectivity index (χ0) is 30.4. The Hall–Kier alpha value is -4.08. The van der Waals surface area contributed by atoms with Gasteiger partial charge >= 0.3 is 12.1 Å². The molecule has 4 rings (SSSR count). The molecule has 2 fully saturated rings. The summed E-state index contributed by atoms with van der Waals surface area (Å²) in [5.41, 5.74) is 0.820. The molecule has 2 aromatic rings. The molecule has 0 spiro atoms. The van der Waals surface area contributed by atoms with Gasteiger partial charge in [-0.15, -0.1) is 0 Å². The molecule has 42 heavy (non-hydrogen) atoms. The summed E-state index contributed by atoms with van der Waals surface area (Å²) in [6.45, 7) is 6.44. The van der Waals surface area contributed by atoms with E-state index >= 15 is 0 Å². The first kappa shape index (κ1) is 30.9. The van der Waals surface area contributed by atoms with Crippen molar-refractivity contribution in [3.63, 3.8) is 0 Å². The lowest BCUT2D eigenvalue weighted by atomic mass is 9.81. The van der Waals surface area contributed by atoms with Gasteiger partial charge in [-0.05, 0) is 76.5 Å². The van der Waals surface area contributed by atoms with E-state index in [0.29, 0.717) is 38.0 Å². The van der Waals surface area contributed by atoms with Gasteiger partial charge < -0.3 is 30.1 Å². The number of benzene rings is 2. The first-order chi connectivity index (χ1) is 20.0. The van der Waals surface area contributed by atoms with Crippen molar-refractivity contribution in [1.82, 2.24) is 10.2 Å². The molecule has 226 valence electrons. The summed E-state index contributed by atoms with van der Waals surface area (Å²) in [6.07, 6.45) is 3.20. The van der Waals surface area contributed by atoms with Gasteiger partial charge in [-0.2, -0.15) is 0 Å². The maximum absolute atomic E-state index is 13.9. The lowest BCUT2D eigenvalue weighted by Crippen LogP contribution is -2.48. The molecule has 3 N–H and O–H groups in total. The molecule has 1 unspecified atom stereocenters. The minimum absolute atomic E-state index is 0.00720. The quantitative estimate of drug-likeness (QED) is 0.399. The third-order valence-electron chi connectivity index (χ3n) is 8.01. The lowest BCUT2D eigenvalue weighted by Gasteiger charge is -2.34. The van der Waals surface area contributed by atoms with Gasteiger partial charge in [-0.1, -0.05) is 30.3 Å². The number of alkyl carbamates (subject to hydrolysis) is 1. The van der Waals surface area contributed by atoms with Crippen LogP contribution in [-0.2, 0) is 14.3 Å². The summed E-state index contributed by atoms with van der Waals surface area (Å²) < 4.78 is 10.5. The minimum Gasteiger partial charge on any atom is -0.496 e. The maximum Gasteiger partial charge on any atom is 0.407 e. The fourth-order valence-electron chi connectivity index (χ4n) is 5.96. The first-order valence-corrected chi connectivity index (χ1v) is 14.5. The zero-order valence-electron chi connectivity index (χ0n) is 24.7. The molecule has 1 aliphatic carbocycles. The van der Waals surface area contributed by atoms with Gasteiger partial charge in [-0.25, -0.2) is 9.59 Å². The van der Waals surface area contributed by atoms with E-state index in [4.69, 9.17) is 9.47 Å². The van der Waals surface area contributed by atoms with Crippen LogP contribution >= 0.6 is 0 Å². The van der Waals surface area contributed by atoms with E-state index < -0.39 is 23.7 Å². The van der Waals surface area contributed by atoms with Crippen molar-refractivity contribution >= 4 is 29.6 Å². The number of aromatic carboxylic acids is 1.